The summed E-state index contributed by atoms with van der Waals surface area (Å²) in [6, 6.07) is 0. The summed E-state index contributed by atoms with van der Waals surface area (Å²) in [6.45, 7) is 8.93. The molecule has 0 heterocycles. The highest BCUT2D eigenvalue weighted by Gasteiger charge is 2.02. The third kappa shape index (κ3) is 9.38. The Bertz CT molecular complexity index is 197. The fourth-order valence-corrected chi connectivity index (χ4v) is 1.97. The zero-order valence-corrected chi connectivity index (χ0v) is 12.9. The van der Waals surface area contributed by atoms with Crippen molar-refractivity contribution in [3.05, 3.63) is 0 Å². The lowest BCUT2D eigenvalue weighted by Crippen LogP contribution is -2.01. The summed E-state index contributed by atoms with van der Waals surface area (Å²) in [5, 5.41) is 8.47. The van der Waals surface area contributed by atoms with Crippen molar-refractivity contribution in [2.75, 3.05) is 0 Å². The molecule has 0 unspecified atom stereocenters. The lowest BCUT2D eigenvalue weighted by molar-refractivity contribution is 0.572. The molecule has 0 spiro atoms. The summed E-state index contributed by atoms with van der Waals surface area (Å²) < 4.78 is 0. The Kier molecular flexibility index (Phi) is 12.3. The van der Waals surface area contributed by atoms with Crippen LogP contribution in [0.5, 0.6) is 0 Å². The summed E-state index contributed by atoms with van der Waals surface area (Å²) in [7, 11) is 0. The van der Waals surface area contributed by atoms with Crippen LogP contribution in [0.2, 0.25) is 0 Å². The second-order valence-electron chi connectivity index (χ2n) is 5.15. The van der Waals surface area contributed by atoms with Crippen molar-refractivity contribution in [3.63, 3.8) is 0 Å². The first-order valence-corrected chi connectivity index (χ1v) is 7.84. The van der Waals surface area contributed by atoms with Crippen LogP contribution in [-0.4, -0.2) is 12.4 Å². The Morgan fingerprint density at radius 2 is 1.11 bits per heavy atom. The van der Waals surface area contributed by atoms with Gasteiger partial charge in [-0.15, -0.1) is 0 Å². The minimum Gasteiger partial charge on any atom is -0.164 e. The minimum absolute atomic E-state index is 0.609. The van der Waals surface area contributed by atoms with E-state index < -0.39 is 0 Å². The van der Waals surface area contributed by atoms with E-state index in [-0.39, 0.29) is 0 Å². The van der Waals surface area contributed by atoms with Crippen molar-refractivity contribution in [2.24, 2.45) is 22.0 Å². The van der Waals surface area contributed by atoms with Crippen molar-refractivity contribution in [3.8, 4) is 0 Å². The largest absolute Gasteiger partial charge is 0.164 e. The fourth-order valence-electron chi connectivity index (χ4n) is 1.97. The van der Waals surface area contributed by atoms with Crippen LogP contribution in [0.15, 0.2) is 10.2 Å². The van der Waals surface area contributed by atoms with Crippen LogP contribution in [0.4, 0.5) is 0 Å². The molecule has 0 aromatic carbocycles. The Balaban J connectivity index is 4.00. The Labute approximate surface area is 114 Å². The number of rotatable bonds is 11. The molecule has 0 saturated heterocycles. The topological polar surface area (TPSA) is 24.7 Å². The minimum atomic E-state index is 0.609. The van der Waals surface area contributed by atoms with E-state index in [1.165, 1.54) is 51.4 Å². The molecule has 0 aliphatic heterocycles. The van der Waals surface area contributed by atoms with Crippen LogP contribution in [0, 0.1) is 11.8 Å². The molecule has 0 amide bonds. The Hall–Kier alpha value is -0.660. The molecule has 0 aliphatic rings. The smallest absolute Gasteiger partial charge is 0.0300 e. The van der Waals surface area contributed by atoms with Gasteiger partial charge in [0.2, 0.25) is 0 Å². The zero-order chi connectivity index (χ0) is 13.6. The van der Waals surface area contributed by atoms with Gasteiger partial charge in [0, 0.05) is 12.4 Å². The number of hydrogen-bond acceptors (Lipinski definition) is 2. The van der Waals surface area contributed by atoms with Gasteiger partial charge in [-0.3, -0.25) is 0 Å². The molecule has 0 saturated carbocycles. The molecule has 0 aromatic heterocycles. The third-order valence-corrected chi connectivity index (χ3v) is 3.53. The molecule has 106 valence electrons. The Morgan fingerprint density at radius 1 is 0.722 bits per heavy atom. The maximum absolute atomic E-state index is 4.24. The number of hydrogen-bond donors (Lipinski definition) is 0. The van der Waals surface area contributed by atoms with E-state index in [1.54, 1.807) is 0 Å². The van der Waals surface area contributed by atoms with Crippen LogP contribution in [0.3, 0.4) is 0 Å². The van der Waals surface area contributed by atoms with Gasteiger partial charge in [-0.2, -0.15) is 10.2 Å². The van der Waals surface area contributed by atoms with Crippen molar-refractivity contribution < 1.29 is 0 Å². The maximum Gasteiger partial charge on any atom is 0.0300 e. The van der Waals surface area contributed by atoms with E-state index in [0.717, 1.165) is 0 Å². The molecule has 0 radical (unpaired) electrons. The van der Waals surface area contributed by atoms with E-state index in [2.05, 4.69) is 37.9 Å². The SMILES string of the molecule is CCCC[C@H](/C=N\N=C/[C@@H](CC)CCCC)CC. The average Bonchev–Trinajstić information content (AvgIpc) is 2.41. The highest BCUT2D eigenvalue weighted by molar-refractivity contribution is 5.64. The van der Waals surface area contributed by atoms with Gasteiger partial charge >= 0.3 is 0 Å². The van der Waals surface area contributed by atoms with Crippen LogP contribution in [-0.2, 0) is 0 Å². The third-order valence-electron chi connectivity index (χ3n) is 3.53. The summed E-state index contributed by atoms with van der Waals surface area (Å²) in [6.07, 6.45) is 14.0. The first-order valence-electron chi connectivity index (χ1n) is 7.84. The molecule has 0 bridgehead atoms. The van der Waals surface area contributed by atoms with Crippen molar-refractivity contribution in [1.82, 2.24) is 0 Å². The fraction of sp³-hybridized carbons (Fsp3) is 0.875. The van der Waals surface area contributed by atoms with E-state index in [1.807, 2.05) is 12.4 Å². The second kappa shape index (κ2) is 12.8. The van der Waals surface area contributed by atoms with Crippen molar-refractivity contribution >= 4 is 12.4 Å². The summed E-state index contributed by atoms with van der Waals surface area (Å²) >= 11 is 0. The lowest BCUT2D eigenvalue weighted by Gasteiger charge is -2.07. The lowest BCUT2D eigenvalue weighted by atomic mass is 10.0. The van der Waals surface area contributed by atoms with Gasteiger partial charge in [0.1, 0.15) is 0 Å². The maximum atomic E-state index is 4.24. The number of unbranched alkanes of at least 4 members (excludes halogenated alkanes) is 2. The molecule has 2 atom stereocenters. The van der Waals surface area contributed by atoms with E-state index in [4.69, 9.17) is 0 Å². The van der Waals surface area contributed by atoms with Crippen LogP contribution in [0.25, 0.3) is 0 Å². The van der Waals surface area contributed by atoms with Gasteiger partial charge in [-0.05, 0) is 37.5 Å². The number of nitrogens with zero attached hydrogens (tertiary/aromatic N) is 2. The highest BCUT2D eigenvalue weighted by atomic mass is 15.2. The molecule has 2 nitrogen and oxygen atoms in total. The van der Waals surface area contributed by atoms with Gasteiger partial charge in [-0.1, -0.05) is 53.4 Å². The van der Waals surface area contributed by atoms with Crippen molar-refractivity contribution in [1.29, 1.82) is 0 Å². The highest BCUT2D eigenvalue weighted by Crippen LogP contribution is 2.11. The summed E-state index contributed by atoms with van der Waals surface area (Å²) in [4.78, 5) is 0. The summed E-state index contributed by atoms with van der Waals surface area (Å²) in [5.41, 5.74) is 0. The first-order chi connectivity index (χ1) is 8.78. The average molecular weight is 252 g/mol. The van der Waals surface area contributed by atoms with Gasteiger partial charge in [0.05, 0.1) is 0 Å². The first kappa shape index (κ1) is 17.3. The van der Waals surface area contributed by atoms with Gasteiger partial charge < -0.3 is 0 Å². The molecule has 2 heteroatoms. The molecule has 0 rings (SSSR count). The summed E-state index contributed by atoms with van der Waals surface area (Å²) in [5.74, 6) is 1.22. The van der Waals surface area contributed by atoms with Gasteiger partial charge in [0.25, 0.3) is 0 Å². The Morgan fingerprint density at radius 3 is 1.39 bits per heavy atom. The zero-order valence-electron chi connectivity index (χ0n) is 12.9. The van der Waals surface area contributed by atoms with Crippen LogP contribution in [0.1, 0.15) is 79.1 Å². The molecule has 0 aliphatic carbocycles. The predicted molar refractivity (Wildman–Crippen MR) is 83.6 cm³/mol. The van der Waals surface area contributed by atoms with Gasteiger partial charge in [0.15, 0.2) is 0 Å². The molecular weight excluding hydrogens is 220 g/mol. The quantitative estimate of drug-likeness (QED) is 0.344. The standard InChI is InChI=1S/C16H32N2/c1-5-9-11-15(7-3)13-17-18-14-16(8-4)12-10-6-2/h13-16H,5-12H2,1-4H3/b17-13-,18-14-/t15-,16+. The van der Waals surface area contributed by atoms with Crippen molar-refractivity contribution in [2.45, 2.75) is 79.1 Å². The monoisotopic (exact) mass is 252 g/mol. The van der Waals surface area contributed by atoms with E-state index in [9.17, 15) is 0 Å². The van der Waals surface area contributed by atoms with Crippen LogP contribution >= 0.6 is 0 Å². The molecular formula is C16H32N2. The molecule has 0 aromatic rings. The van der Waals surface area contributed by atoms with Gasteiger partial charge in [-0.25, -0.2) is 0 Å². The van der Waals surface area contributed by atoms with E-state index in [0.29, 0.717) is 11.8 Å². The van der Waals surface area contributed by atoms with E-state index >= 15 is 0 Å². The predicted octanol–water partition coefficient (Wildman–Crippen LogP) is 5.48. The normalized spacial score (nSPS) is 15.6. The molecule has 18 heavy (non-hydrogen) atoms. The second-order valence-corrected chi connectivity index (χ2v) is 5.15. The van der Waals surface area contributed by atoms with Crippen LogP contribution < -0.4 is 0 Å². The molecule has 0 fully saturated rings. The molecule has 0 N–H and O–H groups in total.